The maximum atomic E-state index is 12.3. The Balaban J connectivity index is 2.26. The molecule has 0 saturated carbocycles. The largest absolute Gasteiger partial charge is 0.465 e. The minimum Gasteiger partial charge on any atom is -0.465 e. The van der Waals surface area contributed by atoms with Gasteiger partial charge in [0.2, 0.25) is 0 Å². The summed E-state index contributed by atoms with van der Waals surface area (Å²) in [6.45, 7) is 3.48. The van der Waals surface area contributed by atoms with E-state index in [2.05, 4.69) is 10.6 Å². The normalized spacial score (nSPS) is 10.1. The van der Waals surface area contributed by atoms with Crippen LogP contribution in [0.5, 0.6) is 0 Å². The summed E-state index contributed by atoms with van der Waals surface area (Å²) < 4.78 is 9.78. The van der Waals surface area contributed by atoms with E-state index in [-0.39, 0.29) is 28.1 Å². The molecule has 1 amide bonds. The number of hydrogen-bond acceptors (Lipinski definition) is 8. The Morgan fingerprint density at radius 2 is 2.00 bits per heavy atom. The molecule has 2 N–H and O–H groups in total. The van der Waals surface area contributed by atoms with Crippen LogP contribution in [0.1, 0.15) is 42.2 Å². The van der Waals surface area contributed by atoms with Gasteiger partial charge >= 0.3 is 11.9 Å². The molecule has 0 aromatic carbocycles. The maximum absolute atomic E-state index is 12.3. The zero-order valence-corrected chi connectivity index (χ0v) is 16.7. The highest BCUT2D eigenvalue weighted by Crippen LogP contribution is 2.34. The smallest absolute Gasteiger partial charge is 0.348 e. The van der Waals surface area contributed by atoms with Gasteiger partial charge in [0, 0.05) is 0 Å². The molecule has 2 aromatic heterocycles. The molecule has 2 rings (SSSR count). The van der Waals surface area contributed by atoms with Crippen LogP contribution in [0.4, 0.5) is 5.00 Å². The third-order valence-corrected chi connectivity index (χ3v) is 5.46. The average molecular weight is 413 g/mol. The number of anilines is 1. The molecule has 0 aliphatic carbocycles. The second-order valence-corrected chi connectivity index (χ2v) is 7.23. The molecule has 10 heteroatoms. The Bertz CT molecular complexity index is 842. The van der Waals surface area contributed by atoms with E-state index in [9.17, 15) is 14.4 Å². The number of methoxy groups -OCH3 is 1. The van der Waals surface area contributed by atoms with Gasteiger partial charge in [0.05, 0.1) is 24.2 Å². The molecule has 0 radical (unpaired) electrons. The summed E-state index contributed by atoms with van der Waals surface area (Å²) in [4.78, 5) is 37.0. The first-order chi connectivity index (χ1) is 12.4. The summed E-state index contributed by atoms with van der Waals surface area (Å²) in [7, 11) is 1.25. The third kappa shape index (κ3) is 4.45. The van der Waals surface area contributed by atoms with E-state index in [4.69, 9.17) is 21.7 Å². The number of hydrogen-bond donors (Lipinski definition) is 2. The number of nitrogens with one attached hydrogen (secondary N) is 2. The van der Waals surface area contributed by atoms with Crippen LogP contribution in [0.25, 0.3) is 0 Å². The number of ether oxygens (including phenoxy) is 2. The Morgan fingerprint density at radius 3 is 2.58 bits per heavy atom. The standard InChI is InChI=1S/C16H16N2O5S3/c1-4-23-14(20)10-8(2)11(15(21)22-3)26-13(10)18-16(24)17-12(19)9-6-5-7-25-9/h5-7H,4H2,1-3H3,(H2,17,18,19,24). The van der Waals surface area contributed by atoms with Crippen molar-refractivity contribution in [2.75, 3.05) is 19.0 Å². The second-order valence-electron chi connectivity index (χ2n) is 4.86. The van der Waals surface area contributed by atoms with E-state index in [1.165, 1.54) is 18.4 Å². The molecular weight excluding hydrogens is 396 g/mol. The molecule has 26 heavy (non-hydrogen) atoms. The van der Waals surface area contributed by atoms with Gasteiger partial charge in [0.1, 0.15) is 9.88 Å². The molecule has 0 aliphatic rings. The van der Waals surface area contributed by atoms with Gasteiger partial charge in [-0.05, 0) is 43.1 Å². The first kappa shape index (κ1) is 20.0. The van der Waals surface area contributed by atoms with Crippen molar-refractivity contribution in [1.29, 1.82) is 0 Å². The number of rotatable bonds is 5. The van der Waals surface area contributed by atoms with Gasteiger partial charge in [0.15, 0.2) is 5.11 Å². The Hall–Kier alpha value is -2.30. The van der Waals surface area contributed by atoms with Gasteiger partial charge in [-0.25, -0.2) is 9.59 Å². The average Bonchev–Trinajstić information content (AvgIpc) is 3.22. The van der Waals surface area contributed by atoms with Gasteiger partial charge in [-0.2, -0.15) is 0 Å². The lowest BCUT2D eigenvalue weighted by atomic mass is 10.1. The van der Waals surface area contributed by atoms with Crippen LogP contribution < -0.4 is 10.6 Å². The SMILES string of the molecule is CCOC(=O)c1c(NC(=S)NC(=O)c2cccs2)sc(C(=O)OC)c1C. The molecule has 7 nitrogen and oxygen atoms in total. The highest BCUT2D eigenvalue weighted by atomic mass is 32.1. The van der Waals surface area contributed by atoms with E-state index in [1.807, 2.05) is 0 Å². The number of carbonyl (C=O) groups excluding carboxylic acids is 3. The lowest BCUT2D eigenvalue weighted by Crippen LogP contribution is -2.33. The van der Waals surface area contributed by atoms with Crippen molar-refractivity contribution in [3.05, 3.63) is 38.4 Å². The van der Waals surface area contributed by atoms with E-state index in [0.29, 0.717) is 15.4 Å². The van der Waals surface area contributed by atoms with E-state index in [0.717, 1.165) is 11.3 Å². The van der Waals surface area contributed by atoms with Gasteiger partial charge in [-0.1, -0.05) is 6.07 Å². The van der Waals surface area contributed by atoms with E-state index >= 15 is 0 Å². The fraction of sp³-hybridized carbons (Fsp3) is 0.250. The molecule has 0 unspecified atom stereocenters. The molecule has 2 heterocycles. The number of esters is 2. The molecule has 138 valence electrons. The fourth-order valence-electron chi connectivity index (χ4n) is 2.04. The van der Waals surface area contributed by atoms with Crippen molar-refractivity contribution in [2.45, 2.75) is 13.8 Å². The Morgan fingerprint density at radius 1 is 1.27 bits per heavy atom. The van der Waals surface area contributed by atoms with Gasteiger partial charge in [-0.15, -0.1) is 22.7 Å². The van der Waals surface area contributed by atoms with Crippen molar-refractivity contribution >= 4 is 62.9 Å². The summed E-state index contributed by atoms with van der Waals surface area (Å²) in [6, 6.07) is 3.41. The first-order valence-electron chi connectivity index (χ1n) is 7.43. The molecule has 0 fully saturated rings. The summed E-state index contributed by atoms with van der Waals surface area (Å²) in [5.74, 6) is -1.53. The van der Waals surface area contributed by atoms with Gasteiger partial charge in [0.25, 0.3) is 5.91 Å². The van der Waals surface area contributed by atoms with E-state index in [1.54, 1.807) is 31.4 Å². The van der Waals surface area contributed by atoms with Crippen LogP contribution in [0, 0.1) is 6.92 Å². The number of amides is 1. The molecule has 0 aliphatic heterocycles. The predicted octanol–water partition coefficient (Wildman–Crippen LogP) is 3.21. The number of thiophene rings is 2. The lowest BCUT2D eigenvalue weighted by molar-refractivity contribution is 0.0527. The van der Waals surface area contributed by atoms with E-state index < -0.39 is 11.9 Å². The zero-order valence-electron chi connectivity index (χ0n) is 14.2. The van der Waals surface area contributed by atoms with Crippen molar-refractivity contribution in [1.82, 2.24) is 5.32 Å². The van der Waals surface area contributed by atoms with Crippen LogP contribution in [0.15, 0.2) is 17.5 Å². The predicted molar refractivity (Wildman–Crippen MR) is 104 cm³/mol. The summed E-state index contributed by atoms with van der Waals surface area (Å²) in [5, 5.41) is 7.41. The Labute approximate surface area is 163 Å². The van der Waals surface area contributed by atoms with Crippen molar-refractivity contribution < 1.29 is 23.9 Å². The molecule has 0 atom stereocenters. The topological polar surface area (TPSA) is 93.7 Å². The third-order valence-electron chi connectivity index (χ3n) is 3.20. The number of carbonyl (C=O) groups is 3. The monoisotopic (exact) mass is 412 g/mol. The second kappa shape index (κ2) is 8.88. The molecule has 0 spiro atoms. The zero-order chi connectivity index (χ0) is 19.3. The van der Waals surface area contributed by atoms with Crippen LogP contribution in [0.3, 0.4) is 0 Å². The van der Waals surface area contributed by atoms with Gasteiger partial charge in [-0.3, -0.25) is 10.1 Å². The minimum absolute atomic E-state index is 0.00612. The fourth-order valence-corrected chi connectivity index (χ4v) is 4.04. The molecule has 0 saturated heterocycles. The summed E-state index contributed by atoms with van der Waals surface area (Å²) >= 11 is 7.42. The van der Waals surface area contributed by atoms with Crippen LogP contribution in [-0.4, -0.2) is 36.7 Å². The molecule has 0 bridgehead atoms. The van der Waals surface area contributed by atoms with Crippen molar-refractivity contribution in [2.24, 2.45) is 0 Å². The van der Waals surface area contributed by atoms with Crippen LogP contribution in [0.2, 0.25) is 0 Å². The highest BCUT2D eigenvalue weighted by molar-refractivity contribution is 7.80. The van der Waals surface area contributed by atoms with Crippen LogP contribution in [-0.2, 0) is 9.47 Å². The first-order valence-corrected chi connectivity index (χ1v) is 9.54. The Kier molecular flexibility index (Phi) is 6.83. The van der Waals surface area contributed by atoms with Gasteiger partial charge < -0.3 is 14.8 Å². The number of thiocarbonyl (C=S) groups is 1. The van der Waals surface area contributed by atoms with Crippen molar-refractivity contribution in [3.8, 4) is 0 Å². The summed E-state index contributed by atoms with van der Waals surface area (Å²) in [5.41, 5.74) is 0.611. The van der Waals surface area contributed by atoms with Crippen molar-refractivity contribution in [3.63, 3.8) is 0 Å². The van der Waals surface area contributed by atoms with Crippen LogP contribution >= 0.6 is 34.9 Å². The maximum Gasteiger partial charge on any atom is 0.348 e. The molecule has 2 aromatic rings. The quantitative estimate of drug-likeness (QED) is 0.575. The molecular formula is C16H16N2O5S3. The highest BCUT2D eigenvalue weighted by Gasteiger charge is 2.26. The summed E-state index contributed by atoms with van der Waals surface area (Å²) in [6.07, 6.45) is 0. The minimum atomic E-state index is -0.591. The lowest BCUT2D eigenvalue weighted by Gasteiger charge is -2.09.